The van der Waals surface area contributed by atoms with E-state index in [1.807, 2.05) is 55.3 Å². The quantitative estimate of drug-likeness (QED) is 0.150. The SMILES string of the molecule is CC(C)c1ccnc(-n2c3[c-]c(Oc4[c-]c(N5[CH-]N(c6ccc(F)cc6)c6ccccc65)cc(-c5ccccc5)c4)ccc3c3ccccc32)c1.[Pt]. The van der Waals surface area contributed by atoms with Crippen LogP contribution in [0.3, 0.4) is 0 Å². The predicted molar refractivity (Wildman–Crippen MR) is 204 cm³/mol. The number of ether oxygens (including phenoxy) is 1. The fraction of sp³-hybridized carbons (Fsp3) is 0.0667. The molecule has 0 atom stereocenters. The number of rotatable bonds is 7. The van der Waals surface area contributed by atoms with Crippen LogP contribution < -0.4 is 14.5 Å². The van der Waals surface area contributed by atoms with Crippen molar-refractivity contribution in [1.29, 1.82) is 0 Å². The maximum absolute atomic E-state index is 13.9. The van der Waals surface area contributed by atoms with Gasteiger partial charge in [-0.1, -0.05) is 80.0 Å². The third kappa shape index (κ3) is 6.03. The van der Waals surface area contributed by atoms with Crippen molar-refractivity contribution >= 4 is 44.6 Å². The van der Waals surface area contributed by atoms with Gasteiger partial charge in [-0.15, -0.1) is 53.6 Å². The van der Waals surface area contributed by atoms with Gasteiger partial charge in [0.05, 0.1) is 0 Å². The van der Waals surface area contributed by atoms with Gasteiger partial charge >= 0.3 is 0 Å². The molecule has 2 aromatic heterocycles. The summed E-state index contributed by atoms with van der Waals surface area (Å²) >= 11 is 0. The molecule has 5 nitrogen and oxygen atoms in total. The van der Waals surface area contributed by atoms with Gasteiger partial charge in [-0.25, -0.2) is 9.37 Å². The first-order chi connectivity index (χ1) is 25.0. The number of hydrogen-bond acceptors (Lipinski definition) is 4. The van der Waals surface area contributed by atoms with Crippen LogP contribution in [0.1, 0.15) is 25.3 Å². The summed E-state index contributed by atoms with van der Waals surface area (Å²) in [5, 5.41) is 2.20. The Morgan fingerprint density at radius 2 is 1.40 bits per heavy atom. The zero-order valence-corrected chi connectivity index (χ0v) is 30.7. The van der Waals surface area contributed by atoms with E-state index in [1.165, 1.54) is 17.7 Å². The molecule has 0 spiro atoms. The van der Waals surface area contributed by atoms with E-state index in [9.17, 15) is 4.39 Å². The maximum Gasteiger partial charge on any atom is 0.135 e. The van der Waals surface area contributed by atoms with Gasteiger partial charge in [-0.05, 0) is 77.0 Å². The first-order valence-electron chi connectivity index (χ1n) is 17.0. The third-order valence-electron chi connectivity index (χ3n) is 9.38. The average molecular weight is 859 g/mol. The molecule has 0 amide bonds. The number of fused-ring (bicyclic) bond motifs is 4. The molecule has 8 aromatic rings. The molecule has 1 aliphatic rings. The van der Waals surface area contributed by atoms with E-state index in [4.69, 9.17) is 9.72 Å². The molecule has 0 bridgehead atoms. The summed E-state index contributed by atoms with van der Waals surface area (Å²) in [4.78, 5) is 8.94. The molecule has 0 unspecified atom stereocenters. The zero-order valence-electron chi connectivity index (χ0n) is 28.4. The Morgan fingerprint density at radius 3 is 2.19 bits per heavy atom. The van der Waals surface area contributed by atoms with Crippen LogP contribution in [0.25, 0.3) is 38.8 Å². The van der Waals surface area contributed by atoms with Crippen LogP contribution >= 0.6 is 0 Å². The van der Waals surface area contributed by atoms with Crippen molar-refractivity contribution in [3.8, 4) is 28.4 Å². The van der Waals surface area contributed by atoms with Crippen molar-refractivity contribution in [3.63, 3.8) is 0 Å². The Bertz CT molecular complexity index is 2550. The molecule has 3 heterocycles. The Hall–Kier alpha value is -5.71. The standard InChI is InChI=1S/C45H32FN4O.Pt/c1-30(2)32-22-23-47-45(26-32)50-41-13-7-6-12-39(41)40-21-20-37(28-44(40)50)51-38-25-33(31-10-4-3-5-11-31)24-36(27-38)49-29-48(35-18-16-34(46)17-19-35)42-14-8-9-15-43(42)49;/h3-26,29-30H,1-2H3;/q-3;. The molecular formula is C45H32FN4OPt-3. The smallest absolute Gasteiger partial charge is 0.135 e. The van der Waals surface area contributed by atoms with Gasteiger partial charge in [-0.2, -0.15) is 6.07 Å². The van der Waals surface area contributed by atoms with E-state index in [0.29, 0.717) is 17.4 Å². The molecule has 0 saturated heterocycles. The van der Waals surface area contributed by atoms with Crippen molar-refractivity contribution in [2.45, 2.75) is 19.8 Å². The summed E-state index contributed by atoms with van der Waals surface area (Å²) < 4.78 is 22.7. The van der Waals surface area contributed by atoms with E-state index in [1.54, 1.807) is 12.1 Å². The van der Waals surface area contributed by atoms with Crippen LogP contribution in [0, 0.1) is 24.6 Å². The molecule has 0 fully saturated rings. The zero-order chi connectivity index (χ0) is 34.5. The number of aromatic nitrogens is 2. The van der Waals surface area contributed by atoms with E-state index in [-0.39, 0.29) is 26.9 Å². The summed E-state index contributed by atoms with van der Waals surface area (Å²) in [7, 11) is 0. The monoisotopic (exact) mass is 858 g/mol. The van der Waals surface area contributed by atoms with Crippen LogP contribution in [0.15, 0.2) is 146 Å². The van der Waals surface area contributed by atoms with E-state index >= 15 is 0 Å². The van der Waals surface area contributed by atoms with Gasteiger partial charge in [0.2, 0.25) is 0 Å². The minimum Gasteiger partial charge on any atom is -0.509 e. The molecule has 0 N–H and O–H groups in total. The minimum absolute atomic E-state index is 0. The Labute approximate surface area is 316 Å². The molecule has 258 valence electrons. The first kappa shape index (κ1) is 33.4. The van der Waals surface area contributed by atoms with Crippen molar-refractivity contribution in [2.75, 3.05) is 9.80 Å². The van der Waals surface area contributed by atoms with Crippen molar-refractivity contribution in [3.05, 3.63) is 176 Å². The third-order valence-corrected chi connectivity index (χ3v) is 9.38. The normalized spacial score (nSPS) is 12.4. The van der Waals surface area contributed by atoms with Gasteiger partial charge in [0.1, 0.15) is 11.6 Å². The second-order valence-corrected chi connectivity index (χ2v) is 12.9. The van der Waals surface area contributed by atoms with Crippen molar-refractivity contribution in [1.82, 2.24) is 9.55 Å². The van der Waals surface area contributed by atoms with E-state index in [2.05, 4.69) is 113 Å². The predicted octanol–water partition coefficient (Wildman–Crippen LogP) is 11.9. The second-order valence-electron chi connectivity index (χ2n) is 12.9. The van der Waals surface area contributed by atoms with Gasteiger partial charge < -0.3 is 19.1 Å². The molecule has 0 radical (unpaired) electrons. The Kier molecular flexibility index (Phi) is 8.86. The van der Waals surface area contributed by atoms with Crippen LogP contribution in [0.4, 0.5) is 27.1 Å². The van der Waals surface area contributed by atoms with Crippen LogP contribution in [-0.4, -0.2) is 9.55 Å². The van der Waals surface area contributed by atoms with Crippen LogP contribution in [0.2, 0.25) is 0 Å². The van der Waals surface area contributed by atoms with Gasteiger partial charge in [0.15, 0.2) is 0 Å². The largest absolute Gasteiger partial charge is 0.509 e. The van der Waals surface area contributed by atoms with Gasteiger partial charge in [0, 0.05) is 61.3 Å². The number of benzene rings is 6. The summed E-state index contributed by atoms with van der Waals surface area (Å²) in [6.07, 6.45) is 1.88. The number of para-hydroxylation sites is 3. The maximum atomic E-state index is 13.9. The van der Waals surface area contributed by atoms with Crippen molar-refractivity contribution in [2.24, 2.45) is 0 Å². The number of halogens is 1. The molecule has 0 aliphatic carbocycles. The number of pyridine rings is 1. The summed E-state index contributed by atoms with van der Waals surface area (Å²) in [6.45, 7) is 6.39. The molecule has 9 rings (SSSR count). The van der Waals surface area contributed by atoms with Gasteiger partial charge in [0.25, 0.3) is 0 Å². The molecule has 7 heteroatoms. The molecule has 52 heavy (non-hydrogen) atoms. The molecule has 0 saturated carbocycles. The minimum atomic E-state index is -0.274. The Morgan fingerprint density at radius 1 is 0.673 bits per heavy atom. The summed E-state index contributed by atoms with van der Waals surface area (Å²) in [5.41, 5.74) is 8.81. The van der Waals surface area contributed by atoms with Crippen molar-refractivity contribution < 1.29 is 30.2 Å². The summed E-state index contributed by atoms with van der Waals surface area (Å²) in [5.74, 6) is 2.06. The number of hydrogen-bond donors (Lipinski definition) is 0. The summed E-state index contributed by atoms with van der Waals surface area (Å²) in [6, 6.07) is 52.9. The van der Waals surface area contributed by atoms with Crippen LogP contribution in [-0.2, 0) is 21.1 Å². The number of nitrogens with zero attached hydrogens (tertiary/aromatic N) is 4. The number of anilines is 4. The fourth-order valence-corrected chi connectivity index (χ4v) is 6.83. The van der Waals surface area contributed by atoms with Gasteiger partial charge in [-0.3, -0.25) is 0 Å². The Balaban J connectivity index is 0.00000387. The molecular weight excluding hydrogens is 827 g/mol. The van der Waals surface area contributed by atoms with E-state index in [0.717, 1.165) is 61.5 Å². The molecule has 6 aromatic carbocycles. The topological polar surface area (TPSA) is 33.5 Å². The van der Waals surface area contributed by atoms with Crippen LogP contribution in [0.5, 0.6) is 11.5 Å². The molecule has 1 aliphatic heterocycles. The van der Waals surface area contributed by atoms with E-state index < -0.39 is 0 Å². The first-order valence-corrected chi connectivity index (χ1v) is 17.0. The second kappa shape index (κ2) is 13.8. The average Bonchev–Trinajstić information content (AvgIpc) is 3.72. The fourth-order valence-electron chi connectivity index (χ4n) is 6.83.